The minimum atomic E-state index is -1.06. The molecule has 1 fully saturated rings. The van der Waals surface area contributed by atoms with Crippen molar-refractivity contribution in [2.45, 2.75) is 98.5 Å². The second-order valence-electron chi connectivity index (χ2n) is 10.8. The average molecular weight is 491 g/mol. The van der Waals surface area contributed by atoms with Crippen molar-refractivity contribution in [1.29, 1.82) is 0 Å². The molecule has 0 unspecified atom stereocenters. The number of hydrogen-bond donors (Lipinski definition) is 1. The summed E-state index contributed by atoms with van der Waals surface area (Å²) in [5.74, 6) is -0.0921. The number of amides is 2. The van der Waals surface area contributed by atoms with E-state index >= 15 is 0 Å². The highest BCUT2D eigenvalue weighted by Gasteiger charge is 2.36. The van der Waals surface area contributed by atoms with Crippen molar-refractivity contribution in [1.82, 2.24) is 9.80 Å². The molecule has 0 aromatic carbocycles. The van der Waals surface area contributed by atoms with E-state index in [2.05, 4.69) is 4.74 Å². The van der Waals surface area contributed by atoms with Gasteiger partial charge in [-0.1, -0.05) is 0 Å². The van der Waals surface area contributed by atoms with Gasteiger partial charge in [-0.15, -0.1) is 0 Å². The number of piperazine rings is 1. The molecule has 0 aliphatic carbocycles. The van der Waals surface area contributed by atoms with Gasteiger partial charge in [-0.2, -0.15) is 0 Å². The standard InChI is InChI=1S/C13H24N2O4.C10H18O5/c1-10-11(17)14(6-5-9-16)7-8-15(10)12(18)19-13(2,3)4;1-9(2,3)14-7(11)13-8(12)15-10(4,5)6/h10,16H,5-9H2,1-4H3;1-6H3/t10-;/m0./s1. The van der Waals surface area contributed by atoms with Gasteiger partial charge in [0.05, 0.1) is 0 Å². The third-order valence-corrected chi connectivity index (χ3v) is 3.91. The molecule has 0 spiro atoms. The Morgan fingerprint density at radius 3 is 1.68 bits per heavy atom. The maximum absolute atomic E-state index is 12.1. The molecule has 1 rings (SSSR count). The van der Waals surface area contributed by atoms with Crippen LogP contribution in [0.4, 0.5) is 14.4 Å². The van der Waals surface area contributed by atoms with Gasteiger partial charge in [0.2, 0.25) is 5.91 Å². The maximum atomic E-state index is 12.1. The van der Waals surface area contributed by atoms with E-state index in [0.29, 0.717) is 26.1 Å². The van der Waals surface area contributed by atoms with E-state index in [1.807, 2.05) is 0 Å². The number of nitrogens with zero attached hydrogens (tertiary/aromatic N) is 2. The van der Waals surface area contributed by atoms with Crippen LogP contribution in [0.25, 0.3) is 0 Å². The summed E-state index contributed by atoms with van der Waals surface area (Å²) in [6.45, 7) is 18.7. The average Bonchev–Trinajstić information content (AvgIpc) is 2.58. The van der Waals surface area contributed by atoms with Crippen molar-refractivity contribution in [3.05, 3.63) is 0 Å². The number of aliphatic hydroxyl groups excluding tert-OH is 1. The van der Waals surface area contributed by atoms with Crippen molar-refractivity contribution >= 4 is 24.3 Å². The van der Waals surface area contributed by atoms with Crippen LogP contribution in [0.1, 0.15) is 75.7 Å². The minimum Gasteiger partial charge on any atom is -0.444 e. The van der Waals surface area contributed by atoms with Crippen LogP contribution in [0.2, 0.25) is 0 Å². The lowest BCUT2D eigenvalue weighted by Crippen LogP contribution is -2.58. The molecule has 1 N–H and O–H groups in total. The fourth-order valence-corrected chi connectivity index (χ4v) is 2.59. The summed E-state index contributed by atoms with van der Waals surface area (Å²) in [6.07, 6.45) is -2.01. The fourth-order valence-electron chi connectivity index (χ4n) is 2.59. The van der Waals surface area contributed by atoms with Crippen LogP contribution in [-0.2, 0) is 23.7 Å². The summed E-state index contributed by atoms with van der Waals surface area (Å²) >= 11 is 0. The molecule has 11 nitrogen and oxygen atoms in total. The molecule has 0 aromatic heterocycles. The quantitative estimate of drug-likeness (QED) is 0.357. The van der Waals surface area contributed by atoms with Crippen LogP contribution in [0, 0.1) is 0 Å². The molecule has 1 aliphatic rings. The van der Waals surface area contributed by atoms with E-state index in [1.54, 1.807) is 74.1 Å². The summed E-state index contributed by atoms with van der Waals surface area (Å²) in [6, 6.07) is -0.512. The number of aliphatic hydroxyl groups is 1. The lowest BCUT2D eigenvalue weighted by atomic mass is 10.1. The SMILES string of the molecule is CC(C)(C)OC(=O)OC(=O)OC(C)(C)C.C[C@H]1C(=O)N(CCCO)CCN1C(=O)OC(C)(C)C. The van der Waals surface area contributed by atoms with Crippen LogP contribution in [0.3, 0.4) is 0 Å². The molecule has 0 bridgehead atoms. The Hall–Kier alpha value is -2.56. The van der Waals surface area contributed by atoms with E-state index < -0.39 is 41.2 Å². The van der Waals surface area contributed by atoms with Crippen LogP contribution in [-0.4, -0.2) is 88.3 Å². The highest BCUT2D eigenvalue weighted by Crippen LogP contribution is 2.17. The molecule has 11 heteroatoms. The molecule has 0 aromatic rings. The van der Waals surface area contributed by atoms with E-state index in [-0.39, 0.29) is 12.5 Å². The van der Waals surface area contributed by atoms with Gasteiger partial charge >= 0.3 is 18.4 Å². The van der Waals surface area contributed by atoms with Crippen molar-refractivity contribution in [2.24, 2.45) is 0 Å². The first-order valence-corrected chi connectivity index (χ1v) is 11.3. The van der Waals surface area contributed by atoms with Gasteiger partial charge in [0.15, 0.2) is 0 Å². The van der Waals surface area contributed by atoms with Crippen LogP contribution in [0.15, 0.2) is 0 Å². The maximum Gasteiger partial charge on any atom is 0.519 e. The Balaban J connectivity index is 0.000000661. The summed E-state index contributed by atoms with van der Waals surface area (Å²) in [5.41, 5.74) is -1.95. The minimum absolute atomic E-state index is 0.0634. The van der Waals surface area contributed by atoms with Crippen LogP contribution < -0.4 is 0 Å². The molecule has 0 saturated carbocycles. The molecule has 1 saturated heterocycles. The molecule has 1 heterocycles. The Labute approximate surface area is 202 Å². The first kappa shape index (κ1) is 31.4. The van der Waals surface area contributed by atoms with Crippen LogP contribution in [0.5, 0.6) is 0 Å². The van der Waals surface area contributed by atoms with Crippen molar-refractivity contribution < 1.29 is 43.2 Å². The first-order valence-electron chi connectivity index (χ1n) is 11.3. The molecular weight excluding hydrogens is 448 g/mol. The molecule has 0 radical (unpaired) electrons. The van der Waals surface area contributed by atoms with E-state index in [9.17, 15) is 19.2 Å². The fraction of sp³-hybridized carbons (Fsp3) is 0.826. The van der Waals surface area contributed by atoms with E-state index in [1.165, 1.54) is 4.90 Å². The van der Waals surface area contributed by atoms with Gasteiger partial charge < -0.3 is 29.0 Å². The second kappa shape index (κ2) is 12.8. The number of rotatable bonds is 3. The predicted molar refractivity (Wildman–Crippen MR) is 124 cm³/mol. The summed E-state index contributed by atoms with van der Waals surface area (Å²) < 4.78 is 19.1. The van der Waals surface area contributed by atoms with Gasteiger partial charge in [-0.05, 0) is 75.7 Å². The van der Waals surface area contributed by atoms with Crippen molar-refractivity contribution in [3.8, 4) is 0 Å². The zero-order chi connectivity index (χ0) is 26.9. The predicted octanol–water partition coefficient (Wildman–Crippen LogP) is 3.71. The molecule has 198 valence electrons. The van der Waals surface area contributed by atoms with E-state index in [0.717, 1.165) is 0 Å². The number of carbonyl (C=O) groups excluding carboxylic acids is 4. The topological polar surface area (TPSA) is 132 Å². The number of ether oxygens (including phenoxy) is 4. The third kappa shape index (κ3) is 13.9. The Morgan fingerprint density at radius 2 is 1.29 bits per heavy atom. The Kier molecular flexibility index (Phi) is 11.8. The normalized spacial score (nSPS) is 16.8. The third-order valence-electron chi connectivity index (χ3n) is 3.91. The van der Waals surface area contributed by atoms with Gasteiger partial charge in [-0.3, -0.25) is 9.69 Å². The second-order valence-corrected chi connectivity index (χ2v) is 10.8. The molecule has 34 heavy (non-hydrogen) atoms. The van der Waals surface area contributed by atoms with Gasteiger partial charge in [-0.25, -0.2) is 14.4 Å². The lowest BCUT2D eigenvalue weighted by molar-refractivity contribution is -0.140. The summed E-state index contributed by atoms with van der Waals surface area (Å²) in [5, 5.41) is 8.79. The molecule has 1 aliphatic heterocycles. The summed E-state index contributed by atoms with van der Waals surface area (Å²) in [7, 11) is 0. The number of hydrogen-bond acceptors (Lipinski definition) is 9. The van der Waals surface area contributed by atoms with Gasteiger partial charge in [0, 0.05) is 26.2 Å². The Morgan fingerprint density at radius 1 is 0.853 bits per heavy atom. The first-order chi connectivity index (χ1) is 15.3. The summed E-state index contributed by atoms with van der Waals surface area (Å²) in [4.78, 5) is 49.3. The lowest BCUT2D eigenvalue weighted by Gasteiger charge is -2.39. The zero-order valence-electron chi connectivity index (χ0n) is 22.2. The van der Waals surface area contributed by atoms with E-state index in [4.69, 9.17) is 19.3 Å². The smallest absolute Gasteiger partial charge is 0.444 e. The van der Waals surface area contributed by atoms with Crippen LogP contribution >= 0.6 is 0 Å². The van der Waals surface area contributed by atoms with Gasteiger partial charge in [0.25, 0.3) is 0 Å². The molecule has 2 amide bonds. The highest BCUT2D eigenvalue weighted by molar-refractivity contribution is 5.86. The molecule has 1 atom stereocenters. The molecular formula is C23H42N2O9. The highest BCUT2D eigenvalue weighted by atomic mass is 16.8. The van der Waals surface area contributed by atoms with Crippen molar-refractivity contribution in [2.75, 3.05) is 26.2 Å². The zero-order valence-corrected chi connectivity index (χ0v) is 22.2. The van der Waals surface area contributed by atoms with Crippen molar-refractivity contribution in [3.63, 3.8) is 0 Å². The largest absolute Gasteiger partial charge is 0.519 e. The Bertz CT molecular complexity index is 677. The monoisotopic (exact) mass is 490 g/mol. The van der Waals surface area contributed by atoms with Gasteiger partial charge in [0.1, 0.15) is 22.8 Å². The number of carbonyl (C=O) groups is 4.